The summed E-state index contributed by atoms with van der Waals surface area (Å²) >= 11 is 0. The lowest BCUT2D eigenvalue weighted by molar-refractivity contribution is 0.670. The minimum absolute atomic E-state index is 0.454. The number of nitriles is 1. The maximum atomic E-state index is 9.67. The molecule has 3 nitrogen and oxygen atoms in total. The molecule has 5 aromatic rings. The maximum absolute atomic E-state index is 9.67. The Balaban J connectivity index is 1.70. The second-order valence-corrected chi connectivity index (χ2v) is 7.79. The molecule has 0 saturated heterocycles. The largest absolute Gasteiger partial charge is 0.455 e. The summed E-state index contributed by atoms with van der Waals surface area (Å²) in [5.74, 6) is 0.454. The normalized spacial score (nSPS) is 11.3. The van der Waals surface area contributed by atoms with Crippen LogP contribution >= 0.6 is 0 Å². The third-order valence-corrected chi connectivity index (χ3v) is 5.57. The molecule has 0 aliphatic heterocycles. The second kappa shape index (κ2) is 7.17. The lowest BCUT2D eigenvalue weighted by atomic mass is 9.97. The van der Waals surface area contributed by atoms with Crippen LogP contribution in [0.15, 0.2) is 83.4 Å². The van der Waals surface area contributed by atoms with Crippen LogP contribution in [0.25, 0.3) is 44.3 Å². The van der Waals surface area contributed by atoms with Crippen molar-refractivity contribution in [2.75, 3.05) is 0 Å². The van der Waals surface area contributed by atoms with Gasteiger partial charge in [-0.2, -0.15) is 5.26 Å². The monoisotopic (exact) mass is 388 g/mol. The zero-order valence-corrected chi connectivity index (χ0v) is 16.9. The molecule has 0 bridgehead atoms. The summed E-state index contributed by atoms with van der Waals surface area (Å²) in [5, 5.41) is 11.7. The standard InChI is InChI=1S/C27H20N2O/c1-17(2)21-10-13-24(29-16-21)19-8-11-22-23-12-9-20(15-28)26(18-6-4-3-5-7-18)27(23)30-25(22)14-19/h3-14,16-17H,1-2H3. The smallest absolute Gasteiger partial charge is 0.144 e. The molecule has 0 aliphatic carbocycles. The van der Waals surface area contributed by atoms with E-state index in [1.807, 2.05) is 54.7 Å². The molecule has 0 amide bonds. The van der Waals surface area contributed by atoms with E-state index in [1.165, 1.54) is 5.56 Å². The molecule has 0 unspecified atom stereocenters. The first-order valence-electron chi connectivity index (χ1n) is 10.1. The molecule has 3 aromatic carbocycles. The van der Waals surface area contributed by atoms with E-state index in [0.717, 1.165) is 44.3 Å². The van der Waals surface area contributed by atoms with Crippen LogP contribution in [0, 0.1) is 11.3 Å². The van der Waals surface area contributed by atoms with Gasteiger partial charge in [0.2, 0.25) is 0 Å². The summed E-state index contributed by atoms with van der Waals surface area (Å²) in [6.07, 6.45) is 1.94. The SMILES string of the molecule is CC(C)c1ccc(-c2ccc3c(c2)oc2c(-c4ccccc4)c(C#N)ccc23)nc1. The topological polar surface area (TPSA) is 49.8 Å². The van der Waals surface area contributed by atoms with Crippen molar-refractivity contribution < 1.29 is 4.42 Å². The van der Waals surface area contributed by atoms with E-state index in [-0.39, 0.29) is 0 Å². The number of furan rings is 1. The highest BCUT2D eigenvalue weighted by Gasteiger charge is 2.17. The van der Waals surface area contributed by atoms with Crippen molar-refractivity contribution in [1.29, 1.82) is 5.26 Å². The molecule has 0 radical (unpaired) electrons. The predicted octanol–water partition coefficient (Wildman–Crippen LogP) is 7.31. The van der Waals surface area contributed by atoms with Crippen LogP contribution in [-0.4, -0.2) is 4.98 Å². The Morgan fingerprint density at radius 1 is 0.867 bits per heavy atom. The summed E-state index contributed by atoms with van der Waals surface area (Å²) in [6, 6.07) is 26.5. The van der Waals surface area contributed by atoms with Crippen molar-refractivity contribution in [2.24, 2.45) is 0 Å². The quantitative estimate of drug-likeness (QED) is 0.325. The Kier molecular flexibility index (Phi) is 4.34. The van der Waals surface area contributed by atoms with E-state index >= 15 is 0 Å². The van der Waals surface area contributed by atoms with Gasteiger partial charge in [-0.3, -0.25) is 4.98 Å². The summed E-state index contributed by atoms with van der Waals surface area (Å²) in [6.45, 7) is 4.33. The van der Waals surface area contributed by atoms with Crippen LogP contribution in [-0.2, 0) is 0 Å². The van der Waals surface area contributed by atoms with Crippen LogP contribution in [0.4, 0.5) is 0 Å². The predicted molar refractivity (Wildman–Crippen MR) is 121 cm³/mol. The van der Waals surface area contributed by atoms with E-state index in [0.29, 0.717) is 11.5 Å². The highest BCUT2D eigenvalue weighted by Crippen LogP contribution is 2.39. The summed E-state index contributed by atoms with van der Waals surface area (Å²) in [7, 11) is 0. The van der Waals surface area contributed by atoms with Gasteiger partial charge in [-0.25, -0.2) is 0 Å². The zero-order valence-electron chi connectivity index (χ0n) is 16.9. The molecule has 144 valence electrons. The zero-order chi connectivity index (χ0) is 20.7. The molecule has 0 atom stereocenters. The van der Waals surface area contributed by atoms with Crippen LogP contribution in [0.5, 0.6) is 0 Å². The molecule has 2 heterocycles. The fourth-order valence-corrected chi connectivity index (χ4v) is 3.90. The molecular weight excluding hydrogens is 368 g/mol. The number of pyridine rings is 1. The van der Waals surface area contributed by atoms with Gasteiger partial charge >= 0.3 is 0 Å². The van der Waals surface area contributed by atoms with Crippen molar-refractivity contribution in [3.05, 3.63) is 90.1 Å². The summed E-state index contributed by atoms with van der Waals surface area (Å²) < 4.78 is 6.33. The van der Waals surface area contributed by atoms with Gasteiger partial charge in [-0.05, 0) is 47.4 Å². The van der Waals surface area contributed by atoms with Crippen molar-refractivity contribution >= 4 is 21.9 Å². The minimum atomic E-state index is 0.454. The Labute approximate surface area is 175 Å². The van der Waals surface area contributed by atoms with Crippen LogP contribution in [0.1, 0.15) is 30.9 Å². The van der Waals surface area contributed by atoms with Gasteiger partial charge in [-0.1, -0.05) is 56.3 Å². The van der Waals surface area contributed by atoms with Gasteiger partial charge < -0.3 is 4.42 Å². The van der Waals surface area contributed by atoms with Crippen molar-refractivity contribution in [3.63, 3.8) is 0 Å². The first kappa shape index (κ1) is 18.1. The first-order valence-corrected chi connectivity index (χ1v) is 10.1. The highest BCUT2D eigenvalue weighted by molar-refractivity contribution is 6.11. The first-order chi connectivity index (χ1) is 14.7. The highest BCUT2D eigenvalue weighted by atomic mass is 16.3. The lowest BCUT2D eigenvalue weighted by Gasteiger charge is -2.06. The van der Waals surface area contributed by atoms with Gasteiger partial charge in [-0.15, -0.1) is 0 Å². The molecule has 0 aliphatic rings. The average Bonchev–Trinajstić information content (AvgIpc) is 3.16. The third kappa shape index (κ3) is 2.94. The van der Waals surface area contributed by atoms with E-state index in [1.54, 1.807) is 0 Å². The van der Waals surface area contributed by atoms with Crippen LogP contribution < -0.4 is 0 Å². The van der Waals surface area contributed by atoms with E-state index in [4.69, 9.17) is 4.42 Å². The fraction of sp³-hybridized carbons (Fsp3) is 0.111. The fourth-order valence-electron chi connectivity index (χ4n) is 3.90. The Morgan fingerprint density at radius 2 is 1.67 bits per heavy atom. The molecular formula is C27H20N2O. The number of hydrogen-bond acceptors (Lipinski definition) is 3. The molecule has 2 aromatic heterocycles. The van der Waals surface area contributed by atoms with E-state index in [2.05, 4.69) is 49.2 Å². The van der Waals surface area contributed by atoms with Gasteiger partial charge in [0.25, 0.3) is 0 Å². The number of aromatic nitrogens is 1. The molecule has 0 saturated carbocycles. The molecule has 0 spiro atoms. The Morgan fingerprint density at radius 3 is 2.37 bits per heavy atom. The van der Waals surface area contributed by atoms with Gasteiger partial charge in [0.15, 0.2) is 0 Å². The minimum Gasteiger partial charge on any atom is -0.455 e. The number of benzene rings is 3. The van der Waals surface area contributed by atoms with Gasteiger partial charge in [0.05, 0.1) is 17.3 Å². The molecule has 30 heavy (non-hydrogen) atoms. The van der Waals surface area contributed by atoms with E-state index in [9.17, 15) is 5.26 Å². The maximum Gasteiger partial charge on any atom is 0.144 e. The van der Waals surface area contributed by atoms with Crippen LogP contribution in [0.3, 0.4) is 0 Å². The molecule has 0 N–H and O–H groups in total. The molecule has 0 fully saturated rings. The van der Waals surface area contributed by atoms with Crippen molar-refractivity contribution in [2.45, 2.75) is 19.8 Å². The van der Waals surface area contributed by atoms with Crippen molar-refractivity contribution in [1.82, 2.24) is 4.98 Å². The Hall–Kier alpha value is -3.90. The molecule has 5 rings (SSSR count). The van der Waals surface area contributed by atoms with Gasteiger partial charge in [0.1, 0.15) is 11.2 Å². The third-order valence-electron chi connectivity index (χ3n) is 5.57. The second-order valence-electron chi connectivity index (χ2n) is 7.79. The summed E-state index contributed by atoms with van der Waals surface area (Å²) in [4.78, 5) is 4.64. The molecule has 3 heteroatoms. The lowest BCUT2D eigenvalue weighted by Crippen LogP contribution is -1.90. The average molecular weight is 388 g/mol. The number of hydrogen-bond donors (Lipinski definition) is 0. The number of nitrogens with zero attached hydrogens (tertiary/aromatic N) is 2. The van der Waals surface area contributed by atoms with Gasteiger partial charge in [0, 0.05) is 28.1 Å². The number of rotatable bonds is 3. The Bertz CT molecular complexity index is 1410. The van der Waals surface area contributed by atoms with E-state index < -0.39 is 0 Å². The van der Waals surface area contributed by atoms with Crippen molar-refractivity contribution in [3.8, 4) is 28.5 Å². The van der Waals surface area contributed by atoms with Crippen LogP contribution in [0.2, 0.25) is 0 Å². The summed E-state index contributed by atoms with van der Waals surface area (Å²) in [5.41, 5.74) is 7.12. The number of fused-ring (bicyclic) bond motifs is 3.